The lowest BCUT2D eigenvalue weighted by atomic mass is 9.81. The van der Waals surface area contributed by atoms with Gasteiger partial charge < -0.3 is 4.74 Å². The second-order valence-corrected chi connectivity index (χ2v) is 5.43. The quantitative estimate of drug-likeness (QED) is 0.756. The van der Waals surface area contributed by atoms with Crippen LogP contribution in [0.25, 0.3) is 0 Å². The summed E-state index contributed by atoms with van der Waals surface area (Å²) < 4.78 is 5.68. The first kappa shape index (κ1) is 13.1. The van der Waals surface area contributed by atoms with Crippen LogP contribution in [0, 0.1) is 5.92 Å². The molecule has 0 aliphatic heterocycles. The molecule has 1 aliphatic rings. The molecular weight excluding hydrogens is 224 g/mol. The van der Waals surface area contributed by atoms with E-state index in [2.05, 4.69) is 24.3 Å². The first-order valence-corrected chi connectivity index (χ1v) is 6.94. The van der Waals surface area contributed by atoms with Crippen LogP contribution < -0.4 is 0 Å². The molecule has 0 radical (unpaired) electrons. The van der Waals surface area contributed by atoms with E-state index >= 15 is 0 Å². The van der Waals surface area contributed by atoms with Crippen molar-refractivity contribution in [3.63, 3.8) is 0 Å². The molecule has 0 saturated heterocycles. The maximum absolute atomic E-state index is 11.8. The molecule has 0 bridgehead atoms. The molecule has 1 aliphatic carbocycles. The van der Waals surface area contributed by atoms with Gasteiger partial charge in [0.25, 0.3) is 0 Å². The highest BCUT2D eigenvalue weighted by Gasteiger charge is 2.29. The van der Waals surface area contributed by atoms with Crippen molar-refractivity contribution in [1.29, 1.82) is 0 Å². The lowest BCUT2D eigenvalue weighted by Gasteiger charge is -2.32. The minimum atomic E-state index is -0.0668. The van der Waals surface area contributed by atoms with E-state index in [1.54, 1.807) is 0 Å². The standard InChI is InChI=1S/C16H22O2/c1-12(2)16(17)18-15-11-7-6-10-14(15)13-8-4-3-5-9-13/h3-5,8-9,12,14-15H,6-7,10-11H2,1-2H3/t14-,15+/m1/s1. The SMILES string of the molecule is CC(C)C(=O)O[C@H]1CCCC[C@@H]1c1ccccc1. The summed E-state index contributed by atoms with van der Waals surface area (Å²) in [5, 5.41) is 0. The number of benzene rings is 1. The van der Waals surface area contributed by atoms with Gasteiger partial charge in [0.2, 0.25) is 0 Å². The first-order chi connectivity index (χ1) is 8.68. The number of hydrogen-bond acceptors (Lipinski definition) is 2. The van der Waals surface area contributed by atoms with Crippen molar-refractivity contribution in [2.75, 3.05) is 0 Å². The van der Waals surface area contributed by atoms with Crippen LogP contribution in [-0.4, -0.2) is 12.1 Å². The van der Waals surface area contributed by atoms with Gasteiger partial charge in [-0.2, -0.15) is 0 Å². The van der Waals surface area contributed by atoms with Crippen LogP contribution in [0.5, 0.6) is 0 Å². The van der Waals surface area contributed by atoms with E-state index in [0.717, 1.165) is 12.8 Å². The second-order valence-electron chi connectivity index (χ2n) is 5.43. The van der Waals surface area contributed by atoms with Gasteiger partial charge in [0, 0.05) is 5.92 Å². The molecule has 2 atom stereocenters. The van der Waals surface area contributed by atoms with E-state index in [1.165, 1.54) is 18.4 Å². The van der Waals surface area contributed by atoms with E-state index in [-0.39, 0.29) is 18.0 Å². The Hall–Kier alpha value is -1.31. The van der Waals surface area contributed by atoms with Crippen molar-refractivity contribution < 1.29 is 9.53 Å². The van der Waals surface area contributed by atoms with Crippen LogP contribution in [0.1, 0.15) is 51.0 Å². The lowest BCUT2D eigenvalue weighted by Crippen LogP contribution is -2.30. The van der Waals surface area contributed by atoms with Gasteiger partial charge in [0.15, 0.2) is 0 Å². The fourth-order valence-electron chi connectivity index (χ4n) is 2.60. The van der Waals surface area contributed by atoms with Gasteiger partial charge in [0.1, 0.15) is 6.10 Å². The van der Waals surface area contributed by atoms with Crippen molar-refractivity contribution in [3.8, 4) is 0 Å². The van der Waals surface area contributed by atoms with Gasteiger partial charge in [-0.3, -0.25) is 4.79 Å². The molecule has 18 heavy (non-hydrogen) atoms. The summed E-state index contributed by atoms with van der Waals surface area (Å²) in [6, 6.07) is 10.4. The summed E-state index contributed by atoms with van der Waals surface area (Å²) in [7, 11) is 0. The Morgan fingerprint density at radius 3 is 2.50 bits per heavy atom. The van der Waals surface area contributed by atoms with Crippen LogP contribution in [0.15, 0.2) is 30.3 Å². The summed E-state index contributed by atoms with van der Waals surface area (Å²) in [6.07, 6.45) is 4.59. The molecule has 2 nitrogen and oxygen atoms in total. The molecule has 0 spiro atoms. The summed E-state index contributed by atoms with van der Waals surface area (Å²) in [4.78, 5) is 11.8. The third-order valence-electron chi connectivity index (χ3n) is 3.67. The molecular formula is C16H22O2. The van der Waals surface area contributed by atoms with Crippen LogP contribution >= 0.6 is 0 Å². The van der Waals surface area contributed by atoms with Gasteiger partial charge in [-0.15, -0.1) is 0 Å². The molecule has 0 N–H and O–H groups in total. The largest absolute Gasteiger partial charge is 0.462 e. The average Bonchev–Trinajstić information content (AvgIpc) is 2.40. The fourth-order valence-corrected chi connectivity index (χ4v) is 2.60. The average molecular weight is 246 g/mol. The topological polar surface area (TPSA) is 26.3 Å². The van der Waals surface area contributed by atoms with E-state index in [9.17, 15) is 4.79 Å². The Labute approximate surface area is 109 Å². The maximum Gasteiger partial charge on any atom is 0.308 e. The molecule has 2 rings (SSSR count). The number of carbonyl (C=O) groups excluding carboxylic acids is 1. The molecule has 0 heterocycles. The highest BCUT2D eigenvalue weighted by Crippen LogP contribution is 2.35. The molecule has 2 heteroatoms. The van der Waals surface area contributed by atoms with E-state index < -0.39 is 0 Å². The predicted octanol–water partition coefficient (Wildman–Crippen LogP) is 3.91. The minimum Gasteiger partial charge on any atom is -0.462 e. The zero-order valence-corrected chi connectivity index (χ0v) is 11.3. The zero-order valence-electron chi connectivity index (χ0n) is 11.3. The molecule has 1 aromatic rings. The first-order valence-electron chi connectivity index (χ1n) is 6.94. The fraction of sp³-hybridized carbons (Fsp3) is 0.562. The third kappa shape index (κ3) is 3.12. The molecule has 0 amide bonds. The summed E-state index contributed by atoms with van der Waals surface area (Å²) in [5.74, 6) is 0.272. The molecule has 1 aromatic carbocycles. The molecule has 1 fully saturated rings. The van der Waals surface area contributed by atoms with Crippen molar-refractivity contribution in [3.05, 3.63) is 35.9 Å². The van der Waals surface area contributed by atoms with Crippen LogP contribution in [0.4, 0.5) is 0 Å². The summed E-state index contributed by atoms with van der Waals surface area (Å²) >= 11 is 0. The number of carbonyl (C=O) groups is 1. The maximum atomic E-state index is 11.8. The van der Waals surface area contributed by atoms with Gasteiger partial charge in [-0.25, -0.2) is 0 Å². The van der Waals surface area contributed by atoms with E-state index in [1.807, 2.05) is 19.9 Å². The highest BCUT2D eigenvalue weighted by atomic mass is 16.5. The number of rotatable bonds is 3. The molecule has 98 valence electrons. The Morgan fingerprint density at radius 1 is 1.17 bits per heavy atom. The number of hydrogen-bond donors (Lipinski definition) is 0. The van der Waals surface area contributed by atoms with Crippen molar-refractivity contribution in [2.45, 2.75) is 51.6 Å². The summed E-state index contributed by atoms with van der Waals surface area (Å²) in [5.41, 5.74) is 1.30. The smallest absolute Gasteiger partial charge is 0.308 e. The van der Waals surface area contributed by atoms with E-state index in [0.29, 0.717) is 5.92 Å². The van der Waals surface area contributed by atoms with Gasteiger partial charge in [-0.1, -0.05) is 50.6 Å². The van der Waals surface area contributed by atoms with Crippen LogP contribution in [0.2, 0.25) is 0 Å². The van der Waals surface area contributed by atoms with Crippen LogP contribution in [0.3, 0.4) is 0 Å². The Balaban J connectivity index is 2.09. The predicted molar refractivity (Wildman–Crippen MR) is 72.4 cm³/mol. The number of ether oxygens (including phenoxy) is 1. The van der Waals surface area contributed by atoms with Gasteiger partial charge in [0.05, 0.1) is 5.92 Å². The highest BCUT2D eigenvalue weighted by molar-refractivity contribution is 5.71. The second kappa shape index (κ2) is 6.03. The van der Waals surface area contributed by atoms with Crippen molar-refractivity contribution >= 4 is 5.97 Å². The Bertz CT molecular complexity index is 383. The minimum absolute atomic E-state index is 0.0386. The monoisotopic (exact) mass is 246 g/mol. The van der Waals surface area contributed by atoms with Gasteiger partial charge in [-0.05, 0) is 24.8 Å². The Kier molecular flexibility index (Phi) is 4.40. The third-order valence-corrected chi connectivity index (χ3v) is 3.67. The Morgan fingerprint density at radius 2 is 1.83 bits per heavy atom. The number of esters is 1. The summed E-state index contributed by atoms with van der Waals surface area (Å²) in [6.45, 7) is 3.78. The molecule has 0 unspecified atom stereocenters. The molecule has 0 aromatic heterocycles. The zero-order chi connectivity index (χ0) is 13.0. The van der Waals surface area contributed by atoms with E-state index in [4.69, 9.17) is 4.74 Å². The normalized spacial score (nSPS) is 23.9. The van der Waals surface area contributed by atoms with Crippen molar-refractivity contribution in [2.24, 2.45) is 5.92 Å². The molecule has 1 saturated carbocycles. The lowest BCUT2D eigenvalue weighted by molar-refractivity contribution is -0.155. The van der Waals surface area contributed by atoms with Crippen molar-refractivity contribution in [1.82, 2.24) is 0 Å². The van der Waals surface area contributed by atoms with Crippen LogP contribution in [-0.2, 0) is 9.53 Å². The van der Waals surface area contributed by atoms with Gasteiger partial charge >= 0.3 is 5.97 Å².